The highest BCUT2D eigenvalue weighted by Gasteiger charge is 2.13. The van der Waals surface area contributed by atoms with Crippen LogP contribution in [0.25, 0.3) is 10.2 Å². The summed E-state index contributed by atoms with van der Waals surface area (Å²) in [4.78, 5) is 21.4. The van der Waals surface area contributed by atoms with E-state index in [0.29, 0.717) is 28.1 Å². The van der Waals surface area contributed by atoms with Crippen LogP contribution >= 0.6 is 23.1 Å². The number of thiophene rings is 1. The molecular formula is C12H14N6OS2. The molecule has 21 heavy (non-hydrogen) atoms. The molecular weight excluding hydrogens is 308 g/mol. The molecule has 3 aromatic heterocycles. The van der Waals surface area contributed by atoms with E-state index in [4.69, 9.17) is 5.73 Å². The van der Waals surface area contributed by atoms with Gasteiger partial charge >= 0.3 is 0 Å². The fourth-order valence-electron chi connectivity index (χ4n) is 1.95. The quantitative estimate of drug-likeness (QED) is 0.710. The SMILES string of the molecule is Cc1sc2nc(CSc3nnc(N)n3C)[nH]c(=O)c2c1C. The lowest BCUT2D eigenvalue weighted by Gasteiger charge is -2.01. The van der Waals surface area contributed by atoms with Crippen molar-refractivity contribution >= 4 is 39.3 Å². The smallest absolute Gasteiger partial charge is 0.259 e. The third-order valence-electron chi connectivity index (χ3n) is 3.29. The second-order valence-corrected chi connectivity index (χ2v) is 6.81. The maximum absolute atomic E-state index is 12.2. The molecule has 3 heterocycles. The number of rotatable bonds is 3. The summed E-state index contributed by atoms with van der Waals surface area (Å²) in [5.41, 5.74) is 6.55. The molecule has 3 N–H and O–H groups in total. The Balaban J connectivity index is 1.91. The maximum atomic E-state index is 12.2. The third-order valence-corrected chi connectivity index (χ3v) is 5.43. The number of nitrogens with two attached hydrogens (primary N) is 1. The lowest BCUT2D eigenvalue weighted by atomic mass is 10.2. The monoisotopic (exact) mass is 322 g/mol. The summed E-state index contributed by atoms with van der Waals surface area (Å²) in [6.07, 6.45) is 0. The Hall–Kier alpha value is -1.87. The maximum Gasteiger partial charge on any atom is 0.259 e. The van der Waals surface area contributed by atoms with Crippen molar-refractivity contribution in [2.24, 2.45) is 7.05 Å². The standard InChI is InChI=1S/C12H14N6OS2/c1-5-6(2)21-10-8(5)9(19)14-7(15-10)4-20-12-17-16-11(13)18(12)3/h4H2,1-3H3,(H2,13,16)(H,14,15,19). The van der Waals surface area contributed by atoms with Crippen LogP contribution in [-0.4, -0.2) is 24.7 Å². The van der Waals surface area contributed by atoms with Crippen molar-refractivity contribution in [2.45, 2.75) is 24.8 Å². The minimum atomic E-state index is -0.0880. The minimum absolute atomic E-state index is 0.0880. The highest BCUT2D eigenvalue weighted by atomic mass is 32.2. The van der Waals surface area contributed by atoms with Crippen molar-refractivity contribution in [1.82, 2.24) is 24.7 Å². The number of hydrogen-bond acceptors (Lipinski definition) is 7. The van der Waals surface area contributed by atoms with Gasteiger partial charge in [0.25, 0.3) is 5.56 Å². The van der Waals surface area contributed by atoms with Crippen LogP contribution in [0.4, 0.5) is 5.95 Å². The summed E-state index contributed by atoms with van der Waals surface area (Å²) in [5.74, 6) is 1.49. The number of nitrogen functional groups attached to an aromatic ring is 1. The van der Waals surface area contributed by atoms with Gasteiger partial charge in [0, 0.05) is 11.9 Å². The van der Waals surface area contributed by atoms with Crippen LogP contribution in [0.3, 0.4) is 0 Å². The highest BCUT2D eigenvalue weighted by molar-refractivity contribution is 7.98. The van der Waals surface area contributed by atoms with Gasteiger partial charge in [0.05, 0.1) is 11.1 Å². The first kappa shape index (κ1) is 14.1. The summed E-state index contributed by atoms with van der Waals surface area (Å²) in [6, 6.07) is 0. The van der Waals surface area contributed by atoms with Crippen LogP contribution in [0.1, 0.15) is 16.3 Å². The van der Waals surface area contributed by atoms with E-state index >= 15 is 0 Å². The number of anilines is 1. The van der Waals surface area contributed by atoms with Gasteiger partial charge in [-0.15, -0.1) is 21.5 Å². The molecule has 0 aromatic carbocycles. The molecule has 7 nitrogen and oxygen atoms in total. The molecule has 3 aromatic rings. The zero-order chi connectivity index (χ0) is 15.1. The number of thioether (sulfide) groups is 1. The lowest BCUT2D eigenvalue weighted by Crippen LogP contribution is -2.11. The van der Waals surface area contributed by atoms with E-state index in [1.165, 1.54) is 11.8 Å². The first-order chi connectivity index (χ1) is 9.97. The van der Waals surface area contributed by atoms with Crippen molar-refractivity contribution in [3.8, 4) is 0 Å². The predicted molar refractivity (Wildman–Crippen MR) is 84.7 cm³/mol. The Morgan fingerprint density at radius 2 is 2.14 bits per heavy atom. The number of H-pyrrole nitrogens is 1. The van der Waals surface area contributed by atoms with E-state index in [2.05, 4.69) is 20.2 Å². The zero-order valence-corrected chi connectivity index (χ0v) is 13.4. The average Bonchev–Trinajstić information content (AvgIpc) is 2.90. The molecule has 3 rings (SSSR count). The average molecular weight is 322 g/mol. The zero-order valence-electron chi connectivity index (χ0n) is 11.8. The van der Waals surface area contributed by atoms with Gasteiger partial charge in [0.15, 0.2) is 5.16 Å². The van der Waals surface area contributed by atoms with Crippen LogP contribution in [0.2, 0.25) is 0 Å². The number of aromatic amines is 1. The van der Waals surface area contributed by atoms with Gasteiger partial charge in [-0.3, -0.25) is 9.36 Å². The van der Waals surface area contributed by atoms with Crippen molar-refractivity contribution in [3.05, 3.63) is 26.6 Å². The predicted octanol–water partition coefficient (Wildman–Crippen LogP) is 1.60. The molecule has 0 aliphatic carbocycles. The fraction of sp³-hybridized carbons (Fsp3) is 0.333. The number of aryl methyl sites for hydroxylation is 2. The van der Waals surface area contributed by atoms with Crippen molar-refractivity contribution in [3.63, 3.8) is 0 Å². The van der Waals surface area contributed by atoms with E-state index in [1.807, 2.05) is 13.8 Å². The number of nitrogens with zero attached hydrogens (tertiary/aromatic N) is 4. The number of fused-ring (bicyclic) bond motifs is 1. The minimum Gasteiger partial charge on any atom is -0.368 e. The molecule has 0 amide bonds. The summed E-state index contributed by atoms with van der Waals surface area (Å²) in [5, 5.41) is 9.14. The van der Waals surface area contributed by atoms with Crippen molar-refractivity contribution in [2.75, 3.05) is 5.73 Å². The molecule has 0 unspecified atom stereocenters. The number of nitrogens with one attached hydrogen (secondary N) is 1. The molecule has 0 aliphatic rings. The first-order valence-electron chi connectivity index (χ1n) is 6.24. The second kappa shape index (κ2) is 5.15. The summed E-state index contributed by atoms with van der Waals surface area (Å²) in [7, 11) is 1.79. The summed E-state index contributed by atoms with van der Waals surface area (Å²) in [6.45, 7) is 3.94. The normalized spacial score (nSPS) is 11.4. The van der Waals surface area contributed by atoms with E-state index in [9.17, 15) is 4.79 Å². The molecule has 0 fully saturated rings. The van der Waals surface area contributed by atoms with Crippen LogP contribution in [-0.2, 0) is 12.8 Å². The van der Waals surface area contributed by atoms with Gasteiger partial charge in [-0.1, -0.05) is 11.8 Å². The Kier molecular flexibility index (Phi) is 3.46. The molecule has 110 valence electrons. The molecule has 0 atom stereocenters. The number of aromatic nitrogens is 5. The molecule has 0 bridgehead atoms. The summed E-state index contributed by atoms with van der Waals surface area (Å²) >= 11 is 2.97. The lowest BCUT2D eigenvalue weighted by molar-refractivity contribution is 0.795. The van der Waals surface area contributed by atoms with Crippen LogP contribution < -0.4 is 11.3 Å². The highest BCUT2D eigenvalue weighted by Crippen LogP contribution is 2.27. The van der Waals surface area contributed by atoms with Crippen molar-refractivity contribution in [1.29, 1.82) is 0 Å². The van der Waals surface area contributed by atoms with Gasteiger partial charge in [-0.2, -0.15) is 0 Å². The van der Waals surface area contributed by atoms with Gasteiger partial charge in [-0.05, 0) is 19.4 Å². The molecule has 0 spiro atoms. The second-order valence-electron chi connectivity index (χ2n) is 4.66. The molecule has 0 aliphatic heterocycles. The molecule has 0 saturated heterocycles. The topological polar surface area (TPSA) is 102 Å². The molecule has 9 heteroatoms. The van der Waals surface area contributed by atoms with Gasteiger partial charge in [0.2, 0.25) is 5.95 Å². The van der Waals surface area contributed by atoms with Crippen LogP contribution in [0.5, 0.6) is 0 Å². The van der Waals surface area contributed by atoms with E-state index in [-0.39, 0.29) is 5.56 Å². The Morgan fingerprint density at radius 1 is 1.38 bits per heavy atom. The van der Waals surface area contributed by atoms with E-state index in [0.717, 1.165) is 15.3 Å². The molecule has 0 saturated carbocycles. The summed E-state index contributed by atoms with van der Waals surface area (Å²) < 4.78 is 1.70. The Labute approximate surface area is 128 Å². The molecule has 0 radical (unpaired) electrons. The van der Waals surface area contributed by atoms with Gasteiger partial charge in [-0.25, -0.2) is 4.98 Å². The van der Waals surface area contributed by atoms with Crippen molar-refractivity contribution < 1.29 is 0 Å². The van der Waals surface area contributed by atoms with Gasteiger partial charge in [0.1, 0.15) is 10.7 Å². The van der Waals surface area contributed by atoms with E-state index in [1.54, 1.807) is 23.0 Å². The Bertz CT molecular complexity index is 878. The largest absolute Gasteiger partial charge is 0.368 e. The number of hydrogen-bond donors (Lipinski definition) is 2. The van der Waals surface area contributed by atoms with E-state index < -0.39 is 0 Å². The van der Waals surface area contributed by atoms with Crippen LogP contribution in [0.15, 0.2) is 9.95 Å². The first-order valence-corrected chi connectivity index (χ1v) is 8.04. The third kappa shape index (κ3) is 2.42. The van der Waals surface area contributed by atoms with Crippen LogP contribution in [0, 0.1) is 13.8 Å². The Morgan fingerprint density at radius 3 is 2.81 bits per heavy atom. The van der Waals surface area contributed by atoms with Gasteiger partial charge < -0.3 is 10.7 Å². The fourth-order valence-corrected chi connectivity index (χ4v) is 3.79.